The summed E-state index contributed by atoms with van der Waals surface area (Å²) in [5.41, 5.74) is 2.09. The summed E-state index contributed by atoms with van der Waals surface area (Å²) < 4.78 is 16.2. The molecule has 0 saturated heterocycles. The second-order valence-electron chi connectivity index (χ2n) is 5.77. The monoisotopic (exact) mass is 366 g/mol. The number of nitrogens with zero attached hydrogens (tertiary/aromatic N) is 4. The summed E-state index contributed by atoms with van der Waals surface area (Å²) >= 11 is 1.53. The molecule has 4 aromatic rings. The van der Waals surface area contributed by atoms with Crippen LogP contribution in [-0.4, -0.2) is 19.2 Å². The summed E-state index contributed by atoms with van der Waals surface area (Å²) in [5.74, 6) is 0.401. The lowest BCUT2D eigenvalue weighted by molar-refractivity contribution is 0.615. The van der Waals surface area contributed by atoms with Gasteiger partial charge < -0.3 is 0 Å². The number of benzene rings is 2. The highest BCUT2D eigenvalue weighted by Crippen LogP contribution is 2.23. The molecule has 0 unspecified atom stereocenters. The van der Waals surface area contributed by atoms with Gasteiger partial charge in [-0.25, -0.2) is 23.3 Å². The number of thioether (sulfide) groups is 1. The minimum absolute atomic E-state index is 0.209. The van der Waals surface area contributed by atoms with Gasteiger partial charge in [0.25, 0.3) is 0 Å². The van der Waals surface area contributed by atoms with Crippen LogP contribution in [0, 0.1) is 5.82 Å². The molecule has 7 heteroatoms. The van der Waals surface area contributed by atoms with E-state index in [-0.39, 0.29) is 18.1 Å². The average molecular weight is 366 g/mol. The molecule has 0 bridgehead atoms. The largest absolute Gasteiger partial charge is 0.350 e. The molecule has 0 saturated carbocycles. The van der Waals surface area contributed by atoms with Crippen LogP contribution in [0.3, 0.4) is 0 Å². The molecule has 0 aliphatic heterocycles. The highest BCUT2D eigenvalue weighted by Gasteiger charge is 2.13. The molecule has 0 aliphatic rings. The predicted octanol–water partition coefficient (Wildman–Crippen LogP) is 3.37. The van der Waals surface area contributed by atoms with Gasteiger partial charge in [0.15, 0.2) is 5.65 Å². The molecule has 0 amide bonds. The minimum Gasteiger partial charge on any atom is -0.246 e. The summed E-state index contributed by atoms with van der Waals surface area (Å²) in [6, 6.07) is 16.2. The van der Waals surface area contributed by atoms with Crippen LogP contribution >= 0.6 is 11.8 Å². The second-order valence-corrected chi connectivity index (χ2v) is 6.73. The molecule has 0 atom stereocenters. The van der Waals surface area contributed by atoms with Crippen LogP contribution in [0.1, 0.15) is 11.1 Å². The Balaban J connectivity index is 1.65. The summed E-state index contributed by atoms with van der Waals surface area (Å²) in [6.07, 6.45) is 3.19. The minimum atomic E-state index is -0.333. The van der Waals surface area contributed by atoms with Crippen LogP contribution in [0.2, 0.25) is 0 Å². The Bertz CT molecular complexity index is 1110. The zero-order chi connectivity index (χ0) is 17.9. The third kappa shape index (κ3) is 3.39. The second kappa shape index (κ2) is 7.13. The van der Waals surface area contributed by atoms with Crippen LogP contribution in [-0.2, 0) is 12.3 Å². The van der Waals surface area contributed by atoms with E-state index in [0.717, 1.165) is 5.75 Å². The van der Waals surface area contributed by atoms with Crippen molar-refractivity contribution in [3.05, 3.63) is 94.4 Å². The van der Waals surface area contributed by atoms with Gasteiger partial charge in [-0.1, -0.05) is 54.2 Å². The Labute approximate surface area is 153 Å². The predicted molar refractivity (Wildman–Crippen MR) is 98.8 cm³/mol. The van der Waals surface area contributed by atoms with E-state index in [0.29, 0.717) is 16.2 Å². The van der Waals surface area contributed by atoms with E-state index in [1.54, 1.807) is 24.5 Å². The number of halogens is 1. The number of hydrogen-bond acceptors (Lipinski definition) is 4. The first-order valence-electron chi connectivity index (χ1n) is 8.06. The zero-order valence-electron chi connectivity index (χ0n) is 13.7. The molecule has 4 rings (SSSR count). The van der Waals surface area contributed by atoms with Crippen molar-refractivity contribution in [2.24, 2.45) is 0 Å². The van der Waals surface area contributed by atoms with E-state index in [1.165, 1.54) is 38.5 Å². The van der Waals surface area contributed by atoms with Gasteiger partial charge >= 0.3 is 5.69 Å². The highest BCUT2D eigenvalue weighted by atomic mass is 32.2. The molecule has 0 spiro atoms. The van der Waals surface area contributed by atoms with Crippen LogP contribution in [0.4, 0.5) is 4.39 Å². The molecule has 2 aromatic carbocycles. The van der Waals surface area contributed by atoms with Gasteiger partial charge in [-0.15, -0.1) is 5.10 Å². The maximum Gasteiger partial charge on any atom is 0.350 e. The fourth-order valence-electron chi connectivity index (χ4n) is 2.66. The van der Waals surface area contributed by atoms with Gasteiger partial charge in [-0.05, 0) is 23.3 Å². The standard InChI is InChI=1S/C19H15FN4OS/c20-16-8-4-7-15(11-16)12-24-19(25)23-10-9-21-18(17(23)22-24)26-13-14-5-2-1-3-6-14/h1-11H,12-13H2. The topological polar surface area (TPSA) is 52.2 Å². The van der Waals surface area contributed by atoms with Gasteiger partial charge in [0.2, 0.25) is 0 Å². The van der Waals surface area contributed by atoms with Crippen LogP contribution in [0.5, 0.6) is 0 Å². The van der Waals surface area contributed by atoms with Gasteiger partial charge in [-0.2, -0.15) is 0 Å². The van der Waals surface area contributed by atoms with Gasteiger partial charge in [-0.3, -0.25) is 0 Å². The van der Waals surface area contributed by atoms with Crippen LogP contribution < -0.4 is 5.69 Å². The Morgan fingerprint density at radius 2 is 1.85 bits per heavy atom. The third-order valence-corrected chi connectivity index (χ3v) is 4.95. The van der Waals surface area contributed by atoms with Crippen molar-refractivity contribution in [2.75, 3.05) is 0 Å². The molecule has 26 heavy (non-hydrogen) atoms. The molecular formula is C19H15FN4OS. The van der Waals surface area contributed by atoms with Crippen molar-refractivity contribution in [3.63, 3.8) is 0 Å². The Morgan fingerprint density at radius 3 is 2.65 bits per heavy atom. The molecule has 2 aromatic heterocycles. The van der Waals surface area contributed by atoms with Gasteiger partial charge in [0.05, 0.1) is 6.54 Å². The maximum atomic E-state index is 13.4. The fraction of sp³-hybridized carbons (Fsp3) is 0.105. The Morgan fingerprint density at radius 1 is 1.04 bits per heavy atom. The van der Waals surface area contributed by atoms with Crippen molar-refractivity contribution in [1.29, 1.82) is 0 Å². The molecular weight excluding hydrogens is 351 g/mol. The number of rotatable bonds is 5. The van der Waals surface area contributed by atoms with Crippen molar-refractivity contribution in [3.8, 4) is 0 Å². The quantitative estimate of drug-likeness (QED) is 0.508. The van der Waals surface area contributed by atoms with Crippen molar-refractivity contribution in [2.45, 2.75) is 17.3 Å². The average Bonchev–Trinajstić information content (AvgIpc) is 2.97. The summed E-state index contributed by atoms with van der Waals surface area (Å²) in [4.78, 5) is 16.9. The summed E-state index contributed by atoms with van der Waals surface area (Å²) in [6.45, 7) is 0.209. The first-order chi connectivity index (χ1) is 12.7. The zero-order valence-corrected chi connectivity index (χ0v) is 14.6. The van der Waals surface area contributed by atoms with Crippen molar-refractivity contribution < 1.29 is 4.39 Å². The molecule has 5 nitrogen and oxygen atoms in total. The van der Waals surface area contributed by atoms with Crippen molar-refractivity contribution >= 4 is 17.4 Å². The maximum absolute atomic E-state index is 13.4. The lowest BCUT2D eigenvalue weighted by Crippen LogP contribution is -2.21. The third-order valence-electron chi connectivity index (χ3n) is 3.91. The van der Waals surface area contributed by atoms with E-state index in [4.69, 9.17) is 0 Å². The molecule has 0 radical (unpaired) electrons. The highest BCUT2D eigenvalue weighted by molar-refractivity contribution is 7.98. The number of hydrogen-bond donors (Lipinski definition) is 0. The molecule has 0 fully saturated rings. The van der Waals surface area contributed by atoms with Crippen LogP contribution in [0.25, 0.3) is 5.65 Å². The van der Waals surface area contributed by atoms with E-state index in [2.05, 4.69) is 10.1 Å². The Kier molecular flexibility index (Phi) is 4.53. The number of aromatic nitrogens is 4. The summed E-state index contributed by atoms with van der Waals surface area (Å²) in [7, 11) is 0. The van der Waals surface area contributed by atoms with E-state index in [9.17, 15) is 9.18 Å². The van der Waals surface area contributed by atoms with E-state index >= 15 is 0 Å². The summed E-state index contributed by atoms with van der Waals surface area (Å²) in [5, 5.41) is 5.10. The van der Waals surface area contributed by atoms with E-state index in [1.807, 2.05) is 30.3 Å². The van der Waals surface area contributed by atoms with E-state index < -0.39 is 0 Å². The normalized spacial score (nSPS) is 11.1. The number of fused-ring (bicyclic) bond motifs is 1. The Hall–Kier alpha value is -2.93. The fourth-order valence-corrected chi connectivity index (χ4v) is 3.56. The van der Waals surface area contributed by atoms with Crippen LogP contribution in [0.15, 0.2) is 76.8 Å². The SMILES string of the molecule is O=c1n(Cc2cccc(F)c2)nc2c(SCc3ccccc3)nccn12. The molecule has 0 aliphatic carbocycles. The molecule has 2 heterocycles. The lowest BCUT2D eigenvalue weighted by Gasteiger charge is -2.01. The first kappa shape index (κ1) is 16.5. The van der Waals surface area contributed by atoms with Gasteiger partial charge in [0, 0.05) is 18.1 Å². The van der Waals surface area contributed by atoms with Gasteiger partial charge in [0.1, 0.15) is 10.8 Å². The smallest absolute Gasteiger partial charge is 0.246 e. The lowest BCUT2D eigenvalue weighted by atomic mass is 10.2. The molecule has 0 N–H and O–H groups in total. The van der Waals surface area contributed by atoms with Crippen molar-refractivity contribution in [1.82, 2.24) is 19.2 Å². The molecule has 130 valence electrons. The first-order valence-corrected chi connectivity index (χ1v) is 9.04.